The first kappa shape index (κ1) is 20.2. The average Bonchev–Trinajstić information content (AvgIpc) is 2.65. The van der Waals surface area contributed by atoms with Crippen LogP contribution in [0.4, 0.5) is 0 Å². The van der Waals surface area contributed by atoms with Gasteiger partial charge in [-0.1, -0.05) is 12.1 Å². The Balaban J connectivity index is 1.82. The summed E-state index contributed by atoms with van der Waals surface area (Å²) in [5, 5.41) is 32.1. The van der Waals surface area contributed by atoms with Crippen molar-refractivity contribution in [2.45, 2.75) is 12.5 Å². The third-order valence-electron chi connectivity index (χ3n) is 3.89. The molecular weight excluding hydrogens is 354 g/mol. The van der Waals surface area contributed by atoms with Crippen molar-refractivity contribution in [3.63, 3.8) is 0 Å². The largest absolute Gasteiger partial charge is 0.504 e. The first-order chi connectivity index (χ1) is 12.5. The molecule has 2 rings (SSSR count). The highest BCUT2D eigenvalue weighted by Crippen LogP contribution is 2.29. The van der Waals surface area contributed by atoms with Crippen LogP contribution >= 0.6 is 12.6 Å². The first-order valence-electron chi connectivity index (χ1n) is 8.36. The maximum absolute atomic E-state index is 10.1. The zero-order valence-electron chi connectivity index (χ0n) is 14.7. The Morgan fingerprint density at radius 3 is 2.58 bits per heavy atom. The monoisotopic (exact) mass is 379 g/mol. The third kappa shape index (κ3) is 5.72. The fourth-order valence-corrected chi connectivity index (χ4v) is 2.57. The van der Waals surface area contributed by atoms with Crippen LogP contribution in [0.1, 0.15) is 17.2 Å². The summed E-state index contributed by atoms with van der Waals surface area (Å²) in [7, 11) is 1.61. The van der Waals surface area contributed by atoms with E-state index in [4.69, 9.17) is 9.47 Å². The molecule has 4 N–H and O–H groups in total. The standard InChI is InChI=1S/C19H25NO5S/c1-24-19-10-13(2-5-18(19)25-8-9-26)6-7-20-12-17(23)14-3-4-15(21)16(22)11-14/h2-5,10-11,17,20-23,26H,6-9,12H2,1H3/t17-/m0/s1. The third-order valence-corrected chi connectivity index (χ3v) is 4.07. The molecule has 0 aromatic heterocycles. The van der Waals surface area contributed by atoms with Gasteiger partial charge in [0, 0.05) is 12.3 Å². The van der Waals surface area contributed by atoms with Gasteiger partial charge in [-0.05, 0) is 48.4 Å². The number of nitrogens with one attached hydrogen (secondary N) is 1. The summed E-state index contributed by atoms with van der Waals surface area (Å²) in [5.41, 5.74) is 1.63. The summed E-state index contributed by atoms with van der Waals surface area (Å²) in [5.74, 6) is 1.57. The summed E-state index contributed by atoms with van der Waals surface area (Å²) in [6.07, 6.45) is -0.00966. The lowest BCUT2D eigenvalue weighted by molar-refractivity contribution is 0.174. The Kier molecular flexibility index (Phi) is 7.90. The Morgan fingerprint density at radius 1 is 1.08 bits per heavy atom. The van der Waals surface area contributed by atoms with Crippen LogP contribution in [0.5, 0.6) is 23.0 Å². The van der Waals surface area contributed by atoms with E-state index in [-0.39, 0.29) is 11.5 Å². The number of phenols is 2. The topological polar surface area (TPSA) is 91.2 Å². The number of benzene rings is 2. The second-order valence-electron chi connectivity index (χ2n) is 5.78. The van der Waals surface area contributed by atoms with E-state index in [1.165, 1.54) is 12.1 Å². The van der Waals surface area contributed by atoms with Crippen molar-refractivity contribution in [1.82, 2.24) is 5.32 Å². The number of rotatable bonds is 10. The molecule has 0 saturated heterocycles. The number of phenolic OH excluding ortho intramolecular Hbond substituents is 2. The molecule has 142 valence electrons. The van der Waals surface area contributed by atoms with Crippen LogP contribution in [-0.4, -0.2) is 47.9 Å². The van der Waals surface area contributed by atoms with Gasteiger partial charge in [-0.25, -0.2) is 0 Å². The van der Waals surface area contributed by atoms with Crippen molar-refractivity contribution in [1.29, 1.82) is 0 Å². The number of hydrogen-bond acceptors (Lipinski definition) is 7. The van der Waals surface area contributed by atoms with Gasteiger partial charge in [-0.15, -0.1) is 0 Å². The summed E-state index contributed by atoms with van der Waals surface area (Å²) >= 11 is 4.12. The molecule has 7 heteroatoms. The van der Waals surface area contributed by atoms with Gasteiger partial charge in [0.1, 0.15) is 0 Å². The predicted molar refractivity (Wildman–Crippen MR) is 104 cm³/mol. The maximum atomic E-state index is 10.1. The van der Waals surface area contributed by atoms with Crippen LogP contribution in [0.25, 0.3) is 0 Å². The molecule has 0 saturated carbocycles. The van der Waals surface area contributed by atoms with E-state index >= 15 is 0 Å². The summed E-state index contributed by atoms with van der Waals surface area (Å²) in [6, 6.07) is 10.1. The van der Waals surface area contributed by atoms with Crippen molar-refractivity contribution in [3.05, 3.63) is 47.5 Å². The van der Waals surface area contributed by atoms with Gasteiger partial charge in [-0.3, -0.25) is 0 Å². The molecule has 0 bridgehead atoms. The van der Waals surface area contributed by atoms with E-state index in [0.29, 0.717) is 42.5 Å². The molecule has 26 heavy (non-hydrogen) atoms. The van der Waals surface area contributed by atoms with E-state index < -0.39 is 6.10 Å². The molecule has 6 nitrogen and oxygen atoms in total. The van der Waals surface area contributed by atoms with E-state index in [9.17, 15) is 15.3 Å². The highest BCUT2D eigenvalue weighted by atomic mass is 32.1. The number of thiol groups is 1. The van der Waals surface area contributed by atoms with Gasteiger partial charge in [-0.2, -0.15) is 12.6 Å². The maximum Gasteiger partial charge on any atom is 0.161 e. The van der Waals surface area contributed by atoms with Crippen LogP contribution in [0.2, 0.25) is 0 Å². The zero-order valence-corrected chi connectivity index (χ0v) is 15.6. The fourth-order valence-electron chi connectivity index (χ4n) is 2.48. The Bertz CT molecular complexity index is 710. The minimum absolute atomic E-state index is 0.204. The van der Waals surface area contributed by atoms with Crippen LogP contribution < -0.4 is 14.8 Å². The van der Waals surface area contributed by atoms with E-state index in [0.717, 1.165) is 12.0 Å². The van der Waals surface area contributed by atoms with Crippen LogP contribution in [0.15, 0.2) is 36.4 Å². The average molecular weight is 379 g/mol. The Morgan fingerprint density at radius 2 is 1.88 bits per heavy atom. The lowest BCUT2D eigenvalue weighted by atomic mass is 10.1. The molecule has 0 aliphatic carbocycles. The van der Waals surface area contributed by atoms with Gasteiger partial charge in [0.15, 0.2) is 23.0 Å². The highest BCUT2D eigenvalue weighted by Gasteiger charge is 2.10. The Hall–Kier alpha value is -2.09. The number of aromatic hydroxyl groups is 2. The molecule has 0 aliphatic rings. The van der Waals surface area contributed by atoms with Gasteiger partial charge < -0.3 is 30.1 Å². The van der Waals surface area contributed by atoms with Gasteiger partial charge >= 0.3 is 0 Å². The summed E-state index contributed by atoms with van der Waals surface area (Å²) < 4.78 is 10.9. The van der Waals surface area contributed by atoms with Crippen molar-refractivity contribution in [3.8, 4) is 23.0 Å². The smallest absolute Gasteiger partial charge is 0.161 e. The molecule has 0 radical (unpaired) electrons. The molecule has 0 spiro atoms. The van der Waals surface area contributed by atoms with Gasteiger partial charge in [0.2, 0.25) is 0 Å². The molecule has 2 aromatic carbocycles. The SMILES string of the molecule is COc1cc(CCNC[C@H](O)c2ccc(O)c(O)c2)ccc1OCCS. The molecule has 0 heterocycles. The second kappa shape index (κ2) is 10.2. The van der Waals surface area contributed by atoms with Gasteiger partial charge in [0.25, 0.3) is 0 Å². The summed E-state index contributed by atoms with van der Waals surface area (Å²) in [4.78, 5) is 0. The van der Waals surface area contributed by atoms with Crippen LogP contribution in [0, 0.1) is 0 Å². The second-order valence-corrected chi connectivity index (χ2v) is 6.22. The van der Waals surface area contributed by atoms with Crippen molar-refractivity contribution in [2.24, 2.45) is 0 Å². The minimum atomic E-state index is -0.770. The van der Waals surface area contributed by atoms with Crippen molar-refractivity contribution in [2.75, 3.05) is 32.6 Å². The predicted octanol–water partition coefficient (Wildman–Crippen LogP) is 2.28. The first-order valence-corrected chi connectivity index (χ1v) is 8.99. The lowest BCUT2D eigenvalue weighted by Gasteiger charge is -2.14. The van der Waals surface area contributed by atoms with E-state index in [2.05, 4.69) is 17.9 Å². The molecular formula is C19H25NO5S. The molecule has 1 atom stereocenters. The molecule has 0 aliphatic heterocycles. The van der Waals surface area contributed by atoms with Crippen LogP contribution in [0.3, 0.4) is 0 Å². The fraction of sp³-hybridized carbons (Fsp3) is 0.368. The number of hydrogen-bond donors (Lipinski definition) is 5. The normalized spacial score (nSPS) is 12.0. The van der Waals surface area contributed by atoms with Gasteiger partial charge in [0.05, 0.1) is 19.8 Å². The van der Waals surface area contributed by atoms with Crippen molar-refractivity contribution < 1.29 is 24.8 Å². The molecule has 0 amide bonds. The number of ether oxygens (including phenoxy) is 2. The molecule has 2 aromatic rings. The molecule has 0 unspecified atom stereocenters. The summed E-state index contributed by atoms with van der Waals surface area (Å²) in [6.45, 7) is 1.52. The highest BCUT2D eigenvalue weighted by molar-refractivity contribution is 7.80. The zero-order chi connectivity index (χ0) is 18.9. The van der Waals surface area contributed by atoms with Crippen molar-refractivity contribution >= 4 is 12.6 Å². The molecule has 0 fully saturated rings. The quantitative estimate of drug-likeness (QED) is 0.247. The lowest BCUT2D eigenvalue weighted by Crippen LogP contribution is -2.23. The minimum Gasteiger partial charge on any atom is -0.504 e. The number of aliphatic hydroxyl groups is 1. The Labute approximate surface area is 158 Å². The van der Waals surface area contributed by atoms with E-state index in [1.807, 2.05) is 18.2 Å². The number of aliphatic hydroxyl groups excluding tert-OH is 1. The van der Waals surface area contributed by atoms with E-state index in [1.54, 1.807) is 13.2 Å². The van der Waals surface area contributed by atoms with Crippen LogP contribution in [-0.2, 0) is 6.42 Å². The number of methoxy groups -OCH3 is 1.